The number of benzene rings is 1. The molecule has 0 amide bonds. The van der Waals surface area contributed by atoms with Crippen LogP contribution in [-0.2, 0) is 19.1 Å². The van der Waals surface area contributed by atoms with E-state index in [1.165, 1.54) is 14.2 Å². The van der Waals surface area contributed by atoms with E-state index in [-0.39, 0.29) is 11.4 Å². The number of hydrogen-bond donors (Lipinski definition) is 1. The first kappa shape index (κ1) is 15.6. The topological polar surface area (TPSA) is 86.2 Å². The minimum atomic E-state index is -0.575. The molecule has 1 N–H and O–H groups in total. The summed E-state index contributed by atoms with van der Waals surface area (Å²) in [5.41, 5.74) is 3.59. The maximum absolute atomic E-state index is 11.9. The molecule has 1 unspecified atom stereocenters. The SMILES string of the molecule is COC(=O)C1=CC(c2ccc(OC)cc2)C(C(=O)OC)=NN1. The van der Waals surface area contributed by atoms with E-state index in [0.29, 0.717) is 5.75 Å². The van der Waals surface area contributed by atoms with Gasteiger partial charge in [-0.3, -0.25) is 5.43 Å². The average molecular weight is 304 g/mol. The number of allylic oxidation sites excluding steroid dienone is 1. The Hall–Kier alpha value is -2.83. The molecule has 1 aliphatic heterocycles. The molecule has 0 fully saturated rings. The molecular formula is C15H16N2O5. The van der Waals surface area contributed by atoms with Crippen LogP contribution in [0.15, 0.2) is 41.1 Å². The molecule has 116 valence electrons. The molecule has 1 aromatic rings. The third-order valence-electron chi connectivity index (χ3n) is 3.20. The largest absolute Gasteiger partial charge is 0.497 e. The quantitative estimate of drug-likeness (QED) is 0.834. The zero-order valence-corrected chi connectivity index (χ0v) is 12.5. The Balaban J connectivity index is 2.40. The van der Waals surface area contributed by atoms with Crippen LogP contribution in [0.5, 0.6) is 5.75 Å². The highest BCUT2D eigenvalue weighted by molar-refractivity contribution is 6.39. The van der Waals surface area contributed by atoms with E-state index in [4.69, 9.17) is 9.47 Å². The molecule has 22 heavy (non-hydrogen) atoms. The first-order chi connectivity index (χ1) is 10.6. The maximum atomic E-state index is 11.9. The Morgan fingerprint density at radius 1 is 1.05 bits per heavy atom. The summed E-state index contributed by atoms with van der Waals surface area (Å²) < 4.78 is 14.5. The predicted molar refractivity (Wildman–Crippen MR) is 78.4 cm³/mol. The highest BCUT2D eigenvalue weighted by Crippen LogP contribution is 2.26. The Morgan fingerprint density at radius 3 is 2.23 bits per heavy atom. The molecule has 0 spiro atoms. The fraction of sp³-hybridized carbons (Fsp3) is 0.267. The van der Waals surface area contributed by atoms with Crippen molar-refractivity contribution in [3.8, 4) is 5.75 Å². The van der Waals surface area contributed by atoms with Gasteiger partial charge in [-0.25, -0.2) is 9.59 Å². The van der Waals surface area contributed by atoms with E-state index in [0.717, 1.165) is 5.56 Å². The van der Waals surface area contributed by atoms with Gasteiger partial charge in [-0.05, 0) is 23.8 Å². The van der Waals surface area contributed by atoms with Crippen molar-refractivity contribution in [1.29, 1.82) is 0 Å². The number of rotatable bonds is 4. The van der Waals surface area contributed by atoms with Crippen LogP contribution in [0.25, 0.3) is 0 Å². The molecule has 1 heterocycles. The fourth-order valence-corrected chi connectivity index (χ4v) is 2.04. The zero-order valence-electron chi connectivity index (χ0n) is 12.5. The number of carbonyl (C=O) groups excluding carboxylic acids is 2. The molecule has 7 nitrogen and oxygen atoms in total. The van der Waals surface area contributed by atoms with E-state index in [1.54, 1.807) is 37.5 Å². The predicted octanol–water partition coefficient (Wildman–Crippen LogP) is 0.968. The molecule has 0 radical (unpaired) electrons. The van der Waals surface area contributed by atoms with Crippen LogP contribution in [-0.4, -0.2) is 39.0 Å². The second kappa shape index (κ2) is 6.75. The van der Waals surface area contributed by atoms with Gasteiger partial charge in [0.25, 0.3) is 0 Å². The minimum Gasteiger partial charge on any atom is -0.497 e. The highest BCUT2D eigenvalue weighted by atomic mass is 16.5. The van der Waals surface area contributed by atoms with Crippen molar-refractivity contribution < 1.29 is 23.8 Å². The molecule has 7 heteroatoms. The number of hydrazone groups is 1. The second-order valence-corrected chi connectivity index (χ2v) is 4.42. The summed E-state index contributed by atoms with van der Waals surface area (Å²) in [5, 5.41) is 3.94. The van der Waals surface area contributed by atoms with Gasteiger partial charge in [0, 0.05) is 0 Å². The van der Waals surface area contributed by atoms with Crippen molar-refractivity contribution in [2.45, 2.75) is 5.92 Å². The third kappa shape index (κ3) is 3.08. The summed E-state index contributed by atoms with van der Waals surface area (Å²) in [5.74, 6) is -0.972. The van der Waals surface area contributed by atoms with E-state index >= 15 is 0 Å². The fourth-order valence-electron chi connectivity index (χ4n) is 2.04. The monoisotopic (exact) mass is 304 g/mol. The second-order valence-electron chi connectivity index (χ2n) is 4.42. The van der Waals surface area contributed by atoms with Crippen LogP contribution in [0.2, 0.25) is 0 Å². The molecule has 0 saturated heterocycles. The van der Waals surface area contributed by atoms with Gasteiger partial charge in [-0.2, -0.15) is 5.10 Å². The van der Waals surface area contributed by atoms with Gasteiger partial charge >= 0.3 is 11.9 Å². The summed E-state index contributed by atoms with van der Waals surface area (Å²) in [6.45, 7) is 0. The normalized spacial score (nSPS) is 16.8. The van der Waals surface area contributed by atoms with E-state index in [1.807, 2.05) is 0 Å². The molecule has 0 aliphatic carbocycles. The number of nitrogens with zero attached hydrogens (tertiary/aromatic N) is 1. The summed E-state index contributed by atoms with van der Waals surface area (Å²) in [6.07, 6.45) is 1.58. The number of carbonyl (C=O) groups is 2. The number of hydrogen-bond acceptors (Lipinski definition) is 7. The lowest BCUT2D eigenvalue weighted by molar-refractivity contribution is -0.137. The lowest BCUT2D eigenvalue weighted by Gasteiger charge is -2.20. The molecule has 0 aromatic heterocycles. The van der Waals surface area contributed by atoms with Crippen molar-refractivity contribution in [2.75, 3.05) is 21.3 Å². The smallest absolute Gasteiger partial charge is 0.355 e. The number of ether oxygens (including phenoxy) is 3. The Kier molecular flexibility index (Phi) is 4.77. The Bertz CT molecular complexity index is 634. The molecule has 1 atom stereocenters. The van der Waals surface area contributed by atoms with E-state index in [2.05, 4.69) is 15.3 Å². The van der Waals surface area contributed by atoms with Gasteiger partial charge in [0.05, 0.1) is 27.2 Å². The standard InChI is InChI=1S/C15H16N2O5/c1-20-10-6-4-9(5-7-10)11-8-12(14(18)21-2)16-17-13(11)15(19)22-3/h4-8,11,16H,1-3H3. The minimum absolute atomic E-state index is 0.153. The van der Waals surface area contributed by atoms with Gasteiger partial charge in [0.2, 0.25) is 0 Å². The number of esters is 2. The molecule has 1 aliphatic rings. The van der Waals surface area contributed by atoms with Gasteiger partial charge in [-0.1, -0.05) is 12.1 Å². The first-order valence-electron chi connectivity index (χ1n) is 6.46. The summed E-state index contributed by atoms with van der Waals surface area (Å²) in [7, 11) is 4.11. The Labute approximate surface area is 127 Å². The summed E-state index contributed by atoms with van der Waals surface area (Å²) in [4.78, 5) is 23.5. The zero-order chi connectivity index (χ0) is 16.1. The maximum Gasteiger partial charge on any atom is 0.355 e. The third-order valence-corrected chi connectivity index (χ3v) is 3.20. The van der Waals surface area contributed by atoms with Crippen molar-refractivity contribution in [3.63, 3.8) is 0 Å². The van der Waals surface area contributed by atoms with Gasteiger partial charge in [0.1, 0.15) is 11.4 Å². The molecule has 0 bridgehead atoms. The molecule has 0 saturated carbocycles. The van der Waals surface area contributed by atoms with E-state index in [9.17, 15) is 9.59 Å². The van der Waals surface area contributed by atoms with Crippen LogP contribution in [0, 0.1) is 0 Å². The van der Waals surface area contributed by atoms with Crippen LogP contribution < -0.4 is 10.2 Å². The summed E-state index contributed by atoms with van der Waals surface area (Å²) in [6, 6.07) is 7.10. The highest BCUT2D eigenvalue weighted by Gasteiger charge is 2.29. The van der Waals surface area contributed by atoms with Gasteiger partial charge in [-0.15, -0.1) is 0 Å². The van der Waals surface area contributed by atoms with Gasteiger partial charge < -0.3 is 14.2 Å². The van der Waals surface area contributed by atoms with Crippen LogP contribution >= 0.6 is 0 Å². The average Bonchev–Trinajstić information content (AvgIpc) is 2.59. The number of methoxy groups -OCH3 is 3. The van der Waals surface area contributed by atoms with Crippen LogP contribution in [0.3, 0.4) is 0 Å². The Morgan fingerprint density at radius 2 is 1.68 bits per heavy atom. The molecule has 1 aromatic carbocycles. The van der Waals surface area contributed by atoms with Crippen molar-refractivity contribution in [3.05, 3.63) is 41.6 Å². The van der Waals surface area contributed by atoms with Crippen molar-refractivity contribution in [1.82, 2.24) is 5.43 Å². The van der Waals surface area contributed by atoms with Crippen LogP contribution in [0.4, 0.5) is 0 Å². The van der Waals surface area contributed by atoms with E-state index < -0.39 is 17.9 Å². The van der Waals surface area contributed by atoms with Crippen molar-refractivity contribution in [2.24, 2.45) is 5.10 Å². The van der Waals surface area contributed by atoms with Crippen LogP contribution in [0.1, 0.15) is 11.5 Å². The first-order valence-corrected chi connectivity index (χ1v) is 6.46. The molecule has 2 rings (SSSR count). The molecular weight excluding hydrogens is 288 g/mol. The summed E-state index contributed by atoms with van der Waals surface area (Å²) >= 11 is 0. The lowest BCUT2D eigenvalue weighted by atomic mass is 9.92. The van der Waals surface area contributed by atoms with Gasteiger partial charge in [0.15, 0.2) is 5.71 Å². The van der Waals surface area contributed by atoms with Crippen molar-refractivity contribution >= 4 is 17.7 Å². The number of nitrogens with one attached hydrogen (secondary N) is 1. The lowest BCUT2D eigenvalue weighted by Crippen LogP contribution is -2.32.